The van der Waals surface area contributed by atoms with E-state index in [1.54, 1.807) is 0 Å². The quantitative estimate of drug-likeness (QED) is 0.599. The number of fused-ring (bicyclic) bond motifs is 1. The van der Waals surface area contributed by atoms with Gasteiger partial charge in [0.05, 0.1) is 11.8 Å². The van der Waals surface area contributed by atoms with Crippen molar-refractivity contribution in [2.24, 2.45) is 11.8 Å². The summed E-state index contributed by atoms with van der Waals surface area (Å²) in [5.41, 5.74) is 0. The average molecular weight is 241 g/mol. The number of carbonyl (C=O) groups excluding carboxylic acids is 2. The third-order valence-corrected chi connectivity index (χ3v) is 2.62. The summed E-state index contributed by atoms with van der Waals surface area (Å²) in [6.45, 7) is 0. The minimum Gasteiger partial charge on any atom is -0.595 e. The molecule has 63 valence electrons. The fourth-order valence-electron chi connectivity index (χ4n) is 2.00. The van der Waals surface area contributed by atoms with E-state index in [0.717, 1.165) is 25.7 Å². The fourth-order valence-corrected chi connectivity index (χ4v) is 2.00. The van der Waals surface area contributed by atoms with E-state index in [0.29, 0.717) is 0 Å². The average Bonchev–Trinajstić information content (AvgIpc) is 2.30. The van der Waals surface area contributed by atoms with E-state index in [9.17, 15) is 9.59 Å². The topological polar surface area (TPSA) is 48.2 Å². The second-order valence-electron chi connectivity index (χ2n) is 3.29. The molecule has 1 saturated carbocycles. The Morgan fingerprint density at radius 1 is 1.00 bits per heavy atom. The SMILES string of the molecule is O=C1[N-]C(=O)C2CCCCC12.[Y]. The van der Waals surface area contributed by atoms with Gasteiger partial charge in [-0.3, -0.25) is 0 Å². The Morgan fingerprint density at radius 3 is 1.83 bits per heavy atom. The molecule has 2 amide bonds. The summed E-state index contributed by atoms with van der Waals surface area (Å²) in [4.78, 5) is 22.1. The minimum absolute atomic E-state index is 0. The smallest absolute Gasteiger partial charge is 0.0603 e. The van der Waals surface area contributed by atoms with Crippen LogP contribution < -0.4 is 0 Å². The van der Waals surface area contributed by atoms with E-state index < -0.39 is 0 Å². The maximum Gasteiger partial charge on any atom is 0.0603 e. The summed E-state index contributed by atoms with van der Waals surface area (Å²) in [6, 6.07) is 0. The standard InChI is InChI=1S/C8H11NO2.Y/c10-7-5-3-1-2-4-6(5)8(11)9-7;/h5-6H,1-4H2,(H,9,10,11);/p-1. The summed E-state index contributed by atoms with van der Waals surface area (Å²) < 4.78 is 0. The van der Waals surface area contributed by atoms with Gasteiger partial charge in [-0.05, 0) is 12.8 Å². The molecule has 1 aliphatic carbocycles. The molecule has 1 radical (unpaired) electrons. The number of carbonyl (C=O) groups is 2. The molecule has 2 rings (SSSR count). The maximum atomic E-state index is 11.0. The molecule has 2 aliphatic rings. The molecule has 0 N–H and O–H groups in total. The first-order valence-electron chi connectivity index (χ1n) is 4.08. The Labute approximate surface area is 96.5 Å². The molecule has 1 aliphatic heterocycles. The molecule has 0 aromatic carbocycles. The van der Waals surface area contributed by atoms with Gasteiger partial charge < -0.3 is 14.9 Å². The van der Waals surface area contributed by atoms with Gasteiger partial charge in [0.15, 0.2) is 0 Å². The van der Waals surface area contributed by atoms with Crippen molar-refractivity contribution in [2.75, 3.05) is 0 Å². The first kappa shape index (κ1) is 10.3. The fraction of sp³-hybridized carbons (Fsp3) is 0.750. The molecule has 0 aromatic heterocycles. The van der Waals surface area contributed by atoms with E-state index >= 15 is 0 Å². The van der Waals surface area contributed by atoms with E-state index in [4.69, 9.17) is 0 Å². The number of nitrogens with zero attached hydrogens (tertiary/aromatic N) is 1. The molecule has 1 saturated heterocycles. The summed E-state index contributed by atoms with van der Waals surface area (Å²) >= 11 is 0. The van der Waals surface area contributed by atoms with Crippen molar-refractivity contribution in [1.82, 2.24) is 0 Å². The van der Waals surface area contributed by atoms with Gasteiger partial charge in [-0.1, -0.05) is 12.8 Å². The molecule has 2 atom stereocenters. The van der Waals surface area contributed by atoms with E-state index in [-0.39, 0.29) is 56.4 Å². The molecule has 2 unspecified atom stereocenters. The van der Waals surface area contributed by atoms with Gasteiger partial charge in [-0.15, -0.1) is 0 Å². The molecular formula is C8H10NO2Y-. The van der Waals surface area contributed by atoms with Crippen molar-refractivity contribution in [3.05, 3.63) is 5.32 Å². The van der Waals surface area contributed by atoms with Gasteiger partial charge >= 0.3 is 0 Å². The van der Waals surface area contributed by atoms with Crippen LogP contribution in [0, 0.1) is 11.8 Å². The van der Waals surface area contributed by atoms with Gasteiger partial charge in [0.25, 0.3) is 0 Å². The van der Waals surface area contributed by atoms with Gasteiger partial charge in [0.2, 0.25) is 0 Å². The zero-order valence-electron chi connectivity index (χ0n) is 6.82. The number of hydrogen-bond acceptors (Lipinski definition) is 2. The van der Waals surface area contributed by atoms with E-state index in [2.05, 4.69) is 5.32 Å². The largest absolute Gasteiger partial charge is 0.595 e. The monoisotopic (exact) mass is 241 g/mol. The van der Waals surface area contributed by atoms with Crippen LogP contribution in [-0.2, 0) is 42.3 Å². The van der Waals surface area contributed by atoms with E-state index in [1.165, 1.54) is 0 Å². The van der Waals surface area contributed by atoms with Gasteiger partial charge in [-0.25, -0.2) is 0 Å². The van der Waals surface area contributed by atoms with Crippen LogP contribution in [0.2, 0.25) is 0 Å². The Balaban J connectivity index is 0.000000720. The Kier molecular flexibility index (Phi) is 3.41. The number of amides is 2. The van der Waals surface area contributed by atoms with Crippen molar-refractivity contribution < 1.29 is 42.3 Å². The number of imide groups is 1. The van der Waals surface area contributed by atoms with Crippen molar-refractivity contribution in [2.45, 2.75) is 25.7 Å². The van der Waals surface area contributed by atoms with Gasteiger partial charge in [0, 0.05) is 44.5 Å². The second-order valence-corrected chi connectivity index (χ2v) is 3.29. The predicted molar refractivity (Wildman–Crippen MR) is 38.8 cm³/mol. The van der Waals surface area contributed by atoms with Crippen molar-refractivity contribution >= 4 is 11.8 Å². The number of rotatable bonds is 0. The minimum atomic E-state index is -0.167. The summed E-state index contributed by atoms with van der Waals surface area (Å²) in [5, 5.41) is 3.46. The van der Waals surface area contributed by atoms with Crippen molar-refractivity contribution in [3.8, 4) is 0 Å². The third-order valence-electron chi connectivity index (χ3n) is 2.62. The van der Waals surface area contributed by atoms with Crippen molar-refractivity contribution in [1.29, 1.82) is 0 Å². The second kappa shape index (κ2) is 3.97. The molecule has 1 heterocycles. The Bertz CT molecular complexity index is 195. The predicted octanol–water partition coefficient (Wildman–Crippen LogP) is 1.23. The molecule has 4 heteroatoms. The van der Waals surface area contributed by atoms with Crippen LogP contribution in [-0.4, -0.2) is 11.8 Å². The summed E-state index contributed by atoms with van der Waals surface area (Å²) in [5.74, 6) is -0.424. The first-order valence-corrected chi connectivity index (χ1v) is 4.08. The Hall–Kier alpha value is 0.244. The van der Waals surface area contributed by atoms with Crippen LogP contribution in [0.3, 0.4) is 0 Å². The molecule has 0 spiro atoms. The zero-order chi connectivity index (χ0) is 7.84. The molecule has 12 heavy (non-hydrogen) atoms. The normalized spacial score (nSPS) is 33.7. The van der Waals surface area contributed by atoms with Gasteiger partial charge in [-0.2, -0.15) is 0 Å². The van der Waals surface area contributed by atoms with Gasteiger partial charge in [0.1, 0.15) is 0 Å². The maximum absolute atomic E-state index is 11.0. The Morgan fingerprint density at radius 2 is 1.42 bits per heavy atom. The summed E-state index contributed by atoms with van der Waals surface area (Å²) in [7, 11) is 0. The molecule has 3 nitrogen and oxygen atoms in total. The molecule has 2 fully saturated rings. The van der Waals surface area contributed by atoms with Crippen LogP contribution in [0.1, 0.15) is 25.7 Å². The molecule has 0 aromatic rings. The van der Waals surface area contributed by atoms with Crippen molar-refractivity contribution in [3.63, 3.8) is 0 Å². The van der Waals surface area contributed by atoms with E-state index in [1.807, 2.05) is 0 Å². The van der Waals surface area contributed by atoms with Crippen LogP contribution in [0.25, 0.3) is 5.32 Å². The molecular weight excluding hydrogens is 231 g/mol. The summed E-state index contributed by atoms with van der Waals surface area (Å²) in [6.07, 6.45) is 3.91. The first-order chi connectivity index (χ1) is 5.29. The zero-order valence-corrected chi connectivity index (χ0v) is 9.66. The molecule has 0 bridgehead atoms. The third kappa shape index (κ3) is 1.62. The number of hydrogen-bond donors (Lipinski definition) is 0. The van der Waals surface area contributed by atoms with Crippen LogP contribution in [0.15, 0.2) is 0 Å². The van der Waals surface area contributed by atoms with Crippen LogP contribution in [0.5, 0.6) is 0 Å². The van der Waals surface area contributed by atoms with Crippen LogP contribution >= 0.6 is 0 Å². The van der Waals surface area contributed by atoms with Crippen LogP contribution in [0.4, 0.5) is 0 Å².